The number of anilines is 1. The molecule has 0 saturated carbocycles. The van der Waals surface area contributed by atoms with Crippen LogP contribution in [-0.2, 0) is 11.2 Å². The molecular weight excluding hydrogens is 370 g/mol. The maximum atomic E-state index is 12.8. The molecule has 2 atom stereocenters. The Balaban J connectivity index is 1.72. The summed E-state index contributed by atoms with van der Waals surface area (Å²) >= 11 is 0. The van der Waals surface area contributed by atoms with Gasteiger partial charge in [-0.1, -0.05) is 6.07 Å². The normalized spacial score (nSPS) is 17.0. The Morgan fingerprint density at radius 3 is 2.90 bits per heavy atom. The molecule has 2 heterocycles. The second kappa shape index (κ2) is 8.69. The fourth-order valence-corrected chi connectivity index (χ4v) is 3.28. The number of pyridine rings is 1. The van der Waals surface area contributed by atoms with E-state index in [2.05, 4.69) is 4.98 Å². The van der Waals surface area contributed by atoms with Crippen LogP contribution in [0.1, 0.15) is 44.4 Å². The summed E-state index contributed by atoms with van der Waals surface area (Å²) in [6.07, 6.45) is 3.26. The third-order valence-corrected chi connectivity index (χ3v) is 4.65. The standard InChI is InChI=1S/C22H29N3O4/c1-22(2,3)29-21(27)25(14-19(26)16-5-4-10-24-12-16)13-18-8-6-15-11-17(23)7-9-20(15)28-18/h4-5,7,9-12,18-19,26H,6,8,13-14,23H2,1-3H3/t18-,19+/m1/s1. The van der Waals surface area contributed by atoms with Gasteiger partial charge in [0.1, 0.15) is 17.5 Å². The number of aliphatic hydroxyl groups is 1. The largest absolute Gasteiger partial charge is 0.488 e. The molecule has 1 aromatic heterocycles. The number of aryl methyl sites for hydroxylation is 1. The van der Waals surface area contributed by atoms with Crippen molar-refractivity contribution in [2.24, 2.45) is 0 Å². The molecule has 1 aliphatic heterocycles. The quantitative estimate of drug-likeness (QED) is 0.749. The molecule has 0 fully saturated rings. The maximum absolute atomic E-state index is 12.8. The SMILES string of the molecule is CC(C)(C)OC(=O)N(C[C@H]1CCc2cc(N)ccc2O1)C[C@H](O)c1cccnc1. The highest BCUT2D eigenvalue weighted by molar-refractivity contribution is 5.68. The Bertz CT molecular complexity index is 836. The fourth-order valence-electron chi connectivity index (χ4n) is 3.28. The number of fused-ring (bicyclic) bond motifs is 1. The highest BCUT2D eigenvalue weighted by atomic mass is 16.6. The number of carbonyl (C=O) groups is 1. The van der Waals surface area contributed by atoms with Crippen molar-refractivity contribution >= 4 is 11.8 Å². The summed E-state index contributed by atoms with van der Waals surface area (Å²) in [6, 6.07) is 9.12. The Morgan fingerprint density at radius 2 is 2.21 bits per heavy atom. The monoisotopic (exact) mass is 399 g/mol. The van der Waals surface area contributed by atoms with Gasteiger partial charge in [-0.2, -0.15) is 0 Å². The molecule has 0 spiro atoms. The van der Waals surface area contributed by atoms with E-state index >= 15 is 0 Å². The van der Waals surface area contributed by atoms with Gasteiger partial charge in [0, 0.05) is 23.6 Å². The third-order valence-electron chi connectivity index (χ3n) is 4.65. The minimum Gasteiger partial charge on any atom is -0.488 e. The molecule has 1 aliphatic rings. The first kappa shape index (κ1) is 20.9. The molecule has 0 bridgehead atoms. The number of aliphatic hydroxyl groups excluding tert-OH is 1. The average Bonchev–Trinajstić information content (AvgIpc) is 2.67. The van der Waals surface area contributed by atoms with Gasteiger partial charge in [0.15, 0.2) is 0 Å². The van der Waals surface area contributed by atoms with Gasteiger partial charge in [0.05, 0.1) is 19.2 Å². The number of hydrogen-bond acceptors (Lipinski definition) is 6. The number of nitrogen functional groups attached to an aromatic ring is 1. The molecule has 0 saturated heterocycles. The molecule has 7 nitrogen and oxygen atoms in total. The van der Waals surface area contributed by atoms with Gasteiger partial charge < -0.3 is 25.2 Å². The van der Waals surface area contributed by atoms with E-state index in [-0.39, 0.29) is 12.6 Å². The van der Waals surface area contributed by atoms with Crippen LogP contribution >= 0.6 is 0 Å². The third kappa shape index (κ3) is 5.84. The summed E-state index contributed by atoms with van der Waals surface area (Å²) in [7, 11) is 0. The van der Waals surface area contributed by atoms with Crippen molar-refractivity contribution in [3.8, 4) is 5.75 Å². The molecule has 29 heavy (non-hydrogen) atoms. The number of rotatable bonds is 5. The minimum absolute atomic E-state index is 0.0923. The van der Waals surface area contributed by atoms with E-state index in [1.807, 2.05) is 32.9 Å². The van der Waals surface area contributed by atoms with Gasteiger partial charge in [0.25, 0.3) is 0 Å². The smallest absolute Gasteiger partial charge is 0.410 e. The molecule has 2 aromatic rings. The predicted octanol–water partition coefficient (Wildman–Crippen LogP) is 3.33. The van der Waals surface area contributed by atoms with E-state index in [1.54, 1.807) is 30.6 Å². The number of amides is 1. The maximum Gasteiger partial charge on any atom is 0.410 e. The van der Waals surface area contributed by atoms with Crippen LogP contribution in [0, 0.1) is 0 Å². The number of hydrogen-bond donors (Lipinski definition) is 2. The summed E-state index contributed by atoms with van der Waals surface area (Å²) in [5.74, 6) is 0.785. The van der Waals surface area contributed by atoms with Crippen LogP contribution in [0.5, 0.6) is 5.75 Å². The first-order valence-electron chi connectivity index (χ1n) is 9.82. The topological polar surface area (TPSA) is 97.9 Å². The van der Waals surface area contributed by atoms with Crippen LogP contribution in [0.2, 0.25) is 0 Å². The van der Waals surface area contributed by atoms with Crippen molar-refractivity contribution in [1.29, 1.82) is 0 Å². The lowest BCUT2D eigenvalue weighted by molar-refractivity contribution is 0.00365. The summed E-state index contributed by atoms with van der Waals surface area (Å²) in [4.78, 5) is 18.3. The van der Waals surface area contributed by atoms with Crippen LogP contribution in [0.4, 0.5) is 10.5 Å². The lowest BCUT2D eigenvalue weighted by Gasteiger charge is -2.33. The van der Waals surface area contributed by atoms with Crippen LogP contribution < -0.4 is 10.5 Å². The number of nitrogens with zero attached hydrogens (tertiary/aromatic N) is 2. The van der Waals surface area contributed by atoms with Gasteiger partial charge in [-0.3, -0.25) is 4.98 Å². The van der Waals surface area contributed by atoms with Crippen molar-refractivity contribution in [3.63, 3.8) is 0 Å². The van der Waals surface area contributed by atoms with E-state index in [9.17, 15) is 9.90 Å². The Kier molecular flexibility index (Phi) is 6.27. The number of aromatic nitrogens is 1. The van der Waals surface area contributed by atoms with Gasteiger partial charge >= 0.3 is 6.09 Å². The van der Waals surface area contributed by atoms with Crippen LogP contribution in [0.25, 0.3) is 0 Å². The Hall–Kier alpha value is -2.80. The lowest BCUT2D eigenvalue weighted by atomic mass is 10.0. The fraction of sp³-hybridized carbons (Fsp3) is 0.455. The van der Waals surface area contributed by atoms with Crippen LogP contribution in [0.15, 0.2) is 42.7 Å². The van der Waals surface area contributed by atoms with E-state index in [1.165, 1.54) is 4.90 Å². The first-order chi connectivity index (χ1) is 13.7. The zero-order valence-corrected chi connectivity index (χ0v) is 17.2. The van der Waals surface area contributed by atoms with Gasteiger partial charge in [-0.15, -0.1) is 0 Å². The summed E-state index contributed by atoms with van der Waals surface area (Å²) < 4.78 is 11.6. The van der Waals surface area contributed by atoms with Crippen molar-refractivity contribution < 1.29 is 19.4 Å². The number of carbonyl (C=O) groups excluding carboxylic acids is 1. The van der Waals surface area contributed by atoms with E-state index < -0.39 is 17.8 Å². The van der Waals surface area contributed by atoms with Crippen molar-refractivity contribution in [2.75, 3.05) is 18.8 Å². The van der Waals surface area contributed by atoms with Crippen molar-refractivity contribution in [3.05, 3.63) is 53.9 Å². The van der Waals surface area contributed by atoms with Gasteiger partial charge in [-0.25, -0.2) is 4.79 Å². The van der Waals surface area contributed by atoms with E-state index in [0.717, 1.165) is 24.2 Å². The van der Waals surface area contributed by atoms with Gasteiger partial charge in [0.2, 0.25) is 0 Å². The van der Waals surface area contributed by atoms with E-state index in [4.69, 9.17) is 15.2 Å². The lowest BCUT2D eigenvalue weighted by Crippen LogP contribution is -2.45. The molecule has 3 N–H and O–H groups in total. The first-order valence-corrected chi connectivity index (χ1v) is 9.82. The second-order valence-corrected chi connectivity index (χ2v) is 8.33. The summed E-state index contributed by atoms with van der Waals surface area (Å²) in [5.41, 5.74) is 7.64. The molecule has 0 unspecified atom stereocenters. The molecule has 0 aliphatic carbocycles. The Labute approximate surface area is 171 Å². The number of benzene rings is 1. The zero-order chi connectivity index (χ0) is 21.0. The highest BCUT2D eigenvalue weighted by Gasteiger charge is 2.29. The van der Waals surface area contributed by atoms with Crippen molar-refractivity contribution in [2.45, 2.75) is 51.4 Å². The molecule has 1 amide bonds. The molecule has 0 radical (unpaired) electrons. The molecule has 156 valence electrons. The minimum atomic E-state index is -0.869. The van der Waals surface area contributed by atoms with Crippen LogP contribution in [-0.4, -0.2) is 45.9 Å². The zero-order valence-electron chi connectivity index (χ0n) is 17.2. The average molecular weight is 399 g/mol. The predicted molar refractivity (Wildman–Crippen MR) is 111 cm³/mol. The molecule has 7 heteroatoms. The van der Waals surface area contributed by atoms with Crippen molar-refractivity contribution in [1.82, 2.24) is 9.88 Å². The number of ether oxygens (including phenoxy) is 2. The molecular formula is C22H29N3O4. The molecule has 3 rings (SSSR count). The highest BCUT2D eigenvalue weighted by Crippen LogP contribution is 2.30. The van der Waals surface area contributed by atoms with Crippen LogP contribution in [0.3, 0.4) is 0 Å². The Morgan fingerprint density at radius 1 is 1.41 bits per heavy atom. The summed E-state index contributed by atoms with van der Waals surface area (Å²) in [6.45, 7) is 5.86. The van der Waals surface area contributed by atoms with E-state index in [0.29, 0.717) is 17.8 Å². The second-order valence-electron chi connectivity index (χ2n) is 8.33. The molecule has 1 aromatic carbocycles. The summed E-state index contributed by atoms with van der Waals surface area (Å²) in [5, 5.41) is 10.6. The number of nitrogens with two attached hydrogens (primary N) is 1. The van der Waals surface area contributed by atoms with Gasteiger partial charge in [-0.05, 0) is 63.4 Å².